The van der Waals surface area contributed by atoms with E-state index in [1.54, 1.807) is 0 Å². The first-order chi connectivity index (χ1) is 15.1. The van der Waals surface area contributed by atoms with Gasteiger partial charge in [-0.25, -0.2) is 4.90 Å². The summed E-state index contributed by atoms with van der Waals surface area (Å²) < 4.78 is 0. The number of anilines is 2. The molecule has 1 fully saturated rings. The molecule has 1 aromatic heterocycles. The third kappa shape index (κ3) is 4.00. The van der Waals surface area contributed by atoms with Crippen molar-refractivity contribution in [1.82, 2.24) is 9.80 Å². The SMILES string of the molecule is CCN1CCN(C2=C(c3cccs3)C(=O)N(c3ccc(N(CC)CC)cc3)C2=O)CC1. The Labute approximate surface area is 188 Å². The molecule has 2 amide bonds. The molecule has 1 saturated heterocycles. The fourth-order valence-corrected chi connectivity index (χ4v) is 5.14. The van der Waals surface area contributed by atoms with E-state index >= 15 is 0 Å². The van der Waals surface area contributed by atoms with Gasteiger partial charge >= 0.3 is 0 Å². The Morgan fingerprint density at radius 3 is 2.13 bits per heavy atom. The molecule has 2 aliphatic rings. The molecule has 2 aromatic rings. The number of nitrogens with zero attached hydrogens (tertiary/aromatic N) is 4. The van der Waals surface area contributed by atoms with Crippen LogP contribution in [0.2, 0.25) is 0 Å². The van der Waals surface area contributed by atoms with Gasteiger partial charge in [-0.1, -0.05) is 13.0 Å². The van der Waals surface area contributed by atoms with Crippen molar-refractivity contribution < 1.29 is 9.59 Å². The summed E-state index contributed by atoms with van der Waals surface area (Å²) in [6.07, 6.45) is 0. The van der Waals surface area contributed by atoms with Crippen molar-refractivity contribution in [3.05, 3.63) is 52.4 Å². The van der Waals surface area contributed by atoms with E-state index < -0.39 is 0 Å². The lowest BCUT2D eigenvalue weighted by Crippen LogP contribution is -2.47. The van der Waals surface area contributed by atoms with E-state index in [2.05, 4.69) is 35.5 Å². The van der Waals surface area contributed by atoms with E-state index in [1.165, 1.54) is 16.2 Å². The third-order valence-corrected chi connectivity index (χ3v) is 7.09. The van der Waals surface area contributed by atoms with Crippen molar-refractivity contribution in [3.8, 4) is 0 Å². The van der Waals surface area contributed by atoms with Gasteiger partial charge in [0.25, 0.3) is 11.8 Å². The number of rotatable bonds is 7. The molecule has 164 valence electrons. The van der Waals surface area contributed by atoms with Crippen LogP contribution in [0.3, 0.4) is 0 Å². The fourth-order valence-electron chi connectivity index (χ4n) is 4.38. The van der Waals surface area contributed by atoms with Gasteiger partial charge in [0, 0.05) is 49.8 Å². The number of thiophene rings is 1. The Hall–Kier alpha value is -2.64. The van der Waals surface area contributed by atoms with Crippen LogP contribution in [0.15, 0.2) is 47.5 Å². The minimum absolute atomic E-state index is 0.214. The zero-order chi connectivity index (χ0) is 22.0. The molecular formula is C24H30N4O2S. The van der Waals surface area contributed by atoms with Crippen LogP contribution in [0, 0.1) is 0 Å². The highest BCUT2D eigenvalue weighted by Crippen LogP contribution is 2.37. The number of benzene rings is 1. The monoisotopic (exact) mass is 438 g/mol. The maximum Gasteiger partial charge on any atom is 0.282 e. The lowest BCUT2D eigenvalue weighted by atomic mass is 10.1. The molecule has 0 saturated carbocycles. The smallest absolute Gasteiger partial charge is 0.282 e. The first-order valence-electron chi connectivity index (χ1n) is 11.1. The van der Waals surface area contributed by atoms with Crippen LogP contribution in [-0.2, 0) is 9.59 Å². The van der Waals surface area contributed by atoms with Gasteiger partial charge in [-0.3, -0.25) is 9.59 Å². The Balaban J connectivity index is 1.67. The predicted octanol–water partition coefficient (Wildman–Crippen LogP) is 3.52. The van der Waals surface area contributed by atoms with Crippen LogP contribution in [0.5, 0.6) is 0 Å². The maximum absolute atomic E-state index is 13.6. The van der Waals surface area contributed by atoms with Crippen molar-refractivity contribution in [1.29, 1.82) is 0 Å². The molecule has 0 N–H and O–H groups in total. The first kappa shape index (κ1) is 21.6. The molecule has 0 unspecified atom stereocenters. The van der Waals surface area contributed by atoms with Crippen LogP contribution in [-0.4, -0.2) is 67.4 Å². The van der Waals surface area contributed by atoms with Crippen molar-refractivity contribution in [2.24, 2.45) is 0 Å². The number of hydrogen-bond acceptors (Lipinski definition) is 6. The third-order valence-electron chi connectivity index (χ3n) is 6.20. The summed E-state index contributed by atoms with van der Waals surface area (Å²) >= 11 is 1.51. The van der Waals surface area contributed by atoms with Gasteiger partial charge in [0.2, 0.25) is 0 Å². The van der Waals surface area contributed by atoms with Crippen molar-refractivity contribution in [2.45, 2.75) is 20.8 Å². The second-order valence-electron chi connectivity index (χ2n) is 7.76. The molecule has 1 aromatic carbocycles. The minimum atomic E-state index is -0.226. The Morgan fingerprint density at radius 1 is 0.903 bits per heavy atom. The van der Waals surface area contributed by atoms with Crippen LogP contribution in [0.4, 0.5) is 11.4 Å². The predicted molar refractivity (Wildman–Crippen MR) is 127 cm³/mol. The fraction of sp³-hybridized carbons (Fsp3) is 0.417. The Morgan fingerprint density at radius 2 is 1.58 bits per heavy atom. The summed E-state index contributed by atoms with van der Waals surface area (Å²) in [6, 6.07) is 11.6. The van der Waals surface area contributed by atoms with Gasteiger partial charge in [0.15, 0.2) is 0 Å². The van der Waals surface area contributed by atoms with E-state index in [9.17, 15) is 9.59 Å². The molecule has 0 atom stereocenters. The highest BCUT2D eigenvalue weighted by Gasteiger charge is 2.43. The van der Waals surface area contributed by atoms with Gasteiger partial charge < -0.3 is 14.7 Å². The second-order valence-corrected chi connectivity index (χ2v) is 8.70. The molecule has 2 aliphatic heterocycles. The topological polar surface area (TPSA) is 47.1 Å². The van der Waals surface area contributed by atoms with Crippen molar-refractivity contribution in [3.63, 3.8) is 0 Å². The van der Waals surface area contributed by atoms with Crippen LogP contribution in [0.1, 0.15) is 25.6 Å². The number of carbonyl (C=O) groups is 2. The van der Waals surface area contributed by atoms with Crippen LogP contribution in [0.25, 0.3) is 5.57 Å². The highest BCUT2D eigenvalue weighted by atomic mass is 32.1. The van der Waals surface area contributed by atoms with Gasteiger partial charge in [-0.15, -0.1) is 11.3 Å². The normalized spacial score (nSPS) is 17.8. The minimum Gasteiger partial charge on any atom is -0.372 e. The zero-order valence-corrected chi connectivity index (χ0v) is 19.3. The summed E-state index contributed by atoms with van der Waals surface area (Å²) in [5.74, 6) is -0.440. The second kappa shape index (κ2) is 9.24. The number of piperazine rings is 1. The zero-order valence-electron chi connectivity index (χ0n) is 18.5. The van der Waals surface area contributed by atoms with Crippen molar-refractivity contribution >= 4 is 40.1 Å². The molecule has 7 heteroatoms. The standard InChI is InChI=1S/C24H30N4O2S/c1-4-25-13-15-27(16-14-25)22-21(20-8-7-17-31-20)23(29)28(24(22)30)19-11-9-18(10-12-19)26(5-2)6-3/h7-12,17H,4-6,13-16H2,1-3H3. The number of imide groups is 1. The summed E-state index contributed by atoms with van der Waals surface area (Å²) in [5, 5.41) is 1.95. The van der Waals surface area contributed by atoms with E-state index in [0.29, 0.717) is 17.0 Å². The van der Waals surface area contributed by atoms with E-state index in [0.717, 1.165) is 56.4 Å². The molecule has 0 aliphatic carbocycles. The lowest BCUT2D eigenvalue weighted by molar-refractivity contribution is -0.120. The van der Waals surface area contributed by atoms with Crippen LogP contribution >= 0.6 is 11.3 Å². The number of hydrogen-bond donors (Lipinski definition) is 0. The molecule has 31 heavy (non-hydrogen) atoms. The average molecular weight is 439 g/mol. The highest BCUT2D eigenvalue weighted by molar-refractivity contribution is 7.11. The Kier molecular flexibility index (Phi) is 6.43. The van der Waals surface area contributed by atoms with Gasteiger partial charge in [0.1, 0.15) is 5.70 Å². The van der Waals surface area contributed by atoms with E-state index in [1.807, 2.05) is 41.8 Å². The largest absolute Gasteiger partial charge is 0.372 e. The summed E-state index contributed by atoms with van der Waals surface area (Å²) in [7, 11) is 0. The number of likely N-dealkylation sites (N-methyl/N-ethyl adjacent to an activating group) is 1. The van der Waals surface area contributed by atoms with Gasteiger partial charge in [-0.05, 0) is 56.1 Å². The summed E-state index contributed by atoms with van der Waals surface area (Å²) in [6.45, 7) is 12.5. The molecular weight excluding hydrogens is 408 g/mol. The molecule has 3 heterocycles. The number of carbonyl (C=O) groups excluding carboxylic acids is 2. The quantitative estimate of drug-likeness (QED) is 0.619. The molecule has 4 rings (SSSR count). The van der Waals surface area contributed by atoms with E-state index in [4.69, 9.17) is 0 Å². The molecule has 0 radical (unpaired) electrons. The van der Waals surface area contributed by atoms with Crippen LogP contribution < -0.4 is 9.80 Å². The molecule has 0 bridgehead atoms. The average Bonchev–Trinajstić information content (AvgIpc) is 3.41. The molecule has 6 nitrogen and oxygen atoms in total. The summed E-state index contributed by atoms with van der Waals surface area (Å²) in [5.41, 5.74) is 2.81. The summed E-state index contributed by atoms with van der Waals surface area (Å²) in [4.78, 5) is 36.0. The maximum atomic E-state index is 13.6. The van der Waals surface area contributed by atoms with Gasteiger partial charge in [-0.2, -0.15) is 0 Å². The number of amides is 2. The molecule has 0 spiro atoms. The van der Waals surface area contributed by atoms with Gasteiger partial charge in [0.05, 0.1) is 11.3 Å². The lowest BCUT2D eigenvalue weighted by Gasteiger charge is -2.35. The van der Waals surface area contributed by atoms with E-state index in [-0.39, 0.29) is 11.8 Å². The Bertz CT molecular complexity index is 956. The van der Waals surface area contributed by atoms with Crippen molar-refractivity contribution in [2.75, 3.05) is 55.6 Å². The first-order valence-corrected chi connectivity index (χ1v) is 12.0.